The molecule has 0 bridgehead atoms. The summed E-state index contributed by atoms with van der Waals surface area (Å²) in [5.74, 6) is -0.0344. The summed E-state index contributed by atoms with van der Waals surface area (Å²) in [6.45, 7) is 4.21. The van der Waals surface area contributed by atoms with Crippen LogP contribution in [0, 0.1) is 5.82 Å². The molecule has 0 atom stereocenters. The van der Waals surface area contributed by atoms with Crippen LogP contribution in [0.2, 0.25) is 0 Å². The zero-order chi connectivity index (χ0) is 9.68. The molecule has 1 aromatic carbocycles. The SMILES string of the molecule is CCCc1cccc(F)c1CCC. The summed E-state index contributed by atoms with van der Waals surface area (Å²) in [6.07, 6.45) is 3.95. The molecule has 0 unspecified atom stereocenters. The first-order chi connectivity index (χ1) is 6.29. The largest absolute Gasteiger partial charge is 0.207 e. The van der Waals surface area contributed by atoms with Crippen LogP contribution in [-0.4, -0.2) is 0 Å². The van der Waals surface area contributed by atoms with Gasteiger partial charge in [0.15, 0.2) is 0 Å². The fourth-order valence-corrected chi connectivity index (χ4v) is 1.64. The minimum Gasteiger partial charge on any atom is -0.207 e. The molecule has 0 radical (unpaired) electrons. The smallest absolute Gasteiger partial charge is 0.126 e. The molecule has 0 aliphatic rings. The van der Waals surface area contributed by atoms with Crippen molar-refractivity contribution in [1.29, 1.82) is 0 Å². The molecule has 0 heterocycles. The van der Waals surface area contributed by atoms with Gasteiger partial charge in [-0.1, -0.05) is 38.8 Å². The summed E-state index contributed by atoms with van der Waals surface area (Å²) in [4.78, 5) is 0. The molecule has 1 rings (SSSR count). The van der Waals surface area contributed by atoms with E-state index in [9.17, 15) is 4.39 Å². The lowest BCUT2D eigenvalue weighted by molar-refractivity contribution is 0.602. The fraction of sp³-hybridized carbons (Fsp3) is 0.500. The van der Waals surface area contributed by atoms with E-state index in [-0.39, 0.29) is 5.82 Å². The third-order valence-electron chi connectivity index (χ3n) is 2.24. The average Bonchev–Trinajstić information content (AvgIpc) is 2.11. The Kier molecular flexibility index (Phi) is 3.94. The predicted octanol–water partition coefficient (Wildman–Crippen LogP) is 3.73. The molecule has 0 saturated carbocycles. The highest BCUT2D eigenvalue weighted by molar-refractivity contribution is 5.28. The van der Waals surface area contributed by atoms with Crippen molar-refractivity contribution in [2.75, 3.05) is 0 Å². The van der Waals surface area contributed by atoms with Gasteiger partial charge >= 0.3 is 0 Å². The van der Waals surface area contributed by atoms with Gasteiger partial charge in [0.05, 0.1) is 0 Å². The molecule has 1 heteroatoms. The van der Waals surface area contributed by atoms with Crippen LogP contribution in [0.4, 0.5) is 4.39 Å². The van der Waals surface area contributed by atoms with Crippen LogP contribution in [0.25, 0.3) is 0 Å². The summed E-state index contributed by atoms with van der Waals surface area (Å²) in [6, 6.07) is 5.40. The number of halogens is 1. The van der Waals surface area contributed by atoms with Crippen molar-refractivity contribution >= 4 is 0 Å². The monoisotopic (exact) mass is 180 g/mol. The van der Waals surface area contributed by atoms with Gasteiger partial charge < -0.3 is 0 Å². The van der Waals surface area contributed by atoms with Gasteiger partial charge in [0, 0.05) is 0 Å². The molecule has 72 valence electrons. The molecule has 0 nitrogen and oxygen atoms in total. The zero-order valence-electron chi connectivity index (χ0n) is 8.44. The van der Waals surface area contributed by atoms with Crippen molar-refractivity contribution in [1.82, 2.24) is 0 Å². The van der Waals surface area contributed by atoms with E-state index in [0.29, 0.717) is 0 Å². The van der Waals surface area contributed by atoms with E-state index >= 15 is 0 Å². The molecule has 0 aliphatic carbocycles. The molecule has 0 amide bonds. The number of rotatable bonds is 4. The second-order valence-corrected chi connectivity index (χ2v) is 3.38. The van der Waals surface area contributed by atoms with E-state index < -0.39 is 0 Å². The summed E-state index contributed by atoms with van der Waals surface area (Å²) < 4.78 is 13.4. The fourth-order valence-electron chi connectivity index (χ4n) is 1.64. The lowest BCUT2D eigenvalue weighted by Crippen LogP contribution is -1.97. The lowest BCUT2D eigenvalue weighted by Gasteiger charge is -2.08. The quantitative estimate of drug-likeness (QED) is 0.662. The maximum atomic E-state index is 13.4. The topological polar surface area (TPSA) is 0 Å². The maximum Gasteiger partial charge on any atom is 0.126 e. The Morgan fingerprint density at radius 2 is 1.77 bits per heavy atom. The zero-order valence-corrected chi connectivity index (χ0v) is 8.44. The summed E-state index contributed by atoms with van der Waals surface area (Å²) in [7, 11) is 0. The molecule has 13 heavy (non-hydrogen) atoms. The van der Waals surface area contributed by atoms with Gasteiger partial charge in [-0.25, -0.2) is 4.39 Å². The third-order valence-corrected chi connectivity index (χ3v) is 2.24. The first kappa shape index (κ1) is 10.2. The third kappa shape index (κ3) is 2.55. The Morgan fingerprint density at radius 3 is 2.38 bits per heavy atom. The van der Waals surface area contributed by atoms with Gasteiger partial charge in [-0.05, 0) is 30.0 Å². The maximum absolute atomic E-state index is 13.4. The molecule has 0 N–H and O–H groups in total. The second kappa shape index (κ2) is 5.00. The highest BCUT2D eigenvalue weighted by Crippen LogP contribution is 2.16. The van der Waals surface area contributed by atoms with Crippen molar-refractivity contribution in [3.05, 3.63) is 35.1 Å². The van der Waals surface area contributed by atoms with E-state index in [2.05, 4.69) is 13.8 Å². The molecular weight excluding hydrogens is 163 g/mol. The van der Waals surface area contributed by atoms with Gasteiger partial charge in [-0.15, -0.1) is 0 Å². The number of hydrogen-bond acceptors (Lipinski definition) is 0. The van der Waals surface area contributed by atoms with Crippen molar-refractivity contribution in [3.63, 3.8) is 0 Å². The first-order valence-electron chi connectivity index (χ1n) is 5.05. The van der Waals surface area contributed by atoms with Gasteiger partial charge in [0.25, 0.3) is 0 Å². The number of hydrogen-bond donors (Lipinski definition) is 0. The highest BCUT2D eigenvalue weighted by atomic mass is 19.1. The molecule has 1 aromatic rings. The predicted molar refractivity (Wildman–Crippen MR) is 54.4 cm³/mol. The van der Waals surface area contributed by atoms with Crippen molar-refractivity contribution in [2.24, 2.45) is 0 Å². The Morgan fingerprint density at radius 1 is 1.08 bits per heavy atom. The normalized spacial score (nSPS) is 10.4. The van der Waals surface area contributed by atoms with E-state index in [1.54, 1.807) is 12.1 Å². The van der Waals surface area contributed by atoms with Crippen molar-refractivity contribution in [2.45, 2.75) is 39.5 Å². The van der Waals surface area contributed by atoms with Gasteiger partial charge in [-0.2, -0.15) is 0 Å². The van der Waals surface area contributed by atoms with Gasteiger partial charge in [0.1, 0.15) is 5.82 Å². The minimum atomic E-state index is -0.0344. The van der Waals surface area contributed by atoms with Crippen LogP contribution >= 0.6 is 0 Å². The molecule has 0 spiro atoms. The van der Waals surface area contributed by atoms with E-state index in [4.69, 9.17) is 0 Å². The van der Waals surface area contributed by atoms with Crippen LogP contribution in [0.3, 0.4) is 0 Å². The van der Waals surface area contributed by atoms with E-state index in [0.717, 1.165) is 31.2 Å². The minimum absolute atomic E-state index is 0.0344. The Hall–Kier alpha value is -0.850. The van der Waals surface area contributed by atoms with Crippen LogP contribution < -0.4 is 0 Å². The first-order valence-corrected chi connectivity index (χ1v) is 5.05. The molecule has 0 fully saturated rings. The summed E-state index contributed by atoms with van der Waals surface area (Å²) >= 11 is 0. The standard InChI is InChI=1S/C12H17F/c1-3-6-10-8-5-9-12(13)11(10)7-4-2/h5,8-9H,3-4,6-7H2,1-2H3. The van der Waals surface area contributed by atoms with Crippen LogP contribution in [0.5, 0.6) is 0 Å². The Bertz CT molecular complexity index is 266. The summed E-state index contributed by atoms with van der Waals surface area (Å²) in [5.41, 5.74) is 2.11. The van der Waals surface area contributed by atoms with Crippen molar-refractivity contribution in [3.8, 4) is 0 Å². The van der Waals surface area contributed by atoms with Crippen LogP contribution in [0.15, 0.2) is 18.2 Å². The Balaban J connectivity index is 2.95. The Labute approximate surface area is 79.8 Å². The molecule has 0 aromatic heterocycles. The van der Waals surface area contributed by atoms with Gasteiger partial charge in [-0.3, -0.25) is 0 Å². The highest BCUT2D eigenvalue weighted by Gasteiger charge is 2.05. The average molecular weight is 180 g/mol. The number of aryl methyl sites for hydroxylation is 1. The lowest BCUT2D eigenvalue weighted by atomic mass is 9.99. The van der Waals surface area contributed by atoms with Crippen molar-refractivity contribution < 1.29 is 4.39 Å². The van der Waals surface area contributed by atoms with E-state index in [1.807, 2.05) is 6.07 Å². The van der Waals surface area contributed by atoms with Crippen LogP contribution in [0.1, 0.15) is 37.8 Å². The second-order valence-electron chi connectivity index (χ2n) is 3.38. The number of benzene rings is 1. The summed E-state index contributed by atoms with van der Waals surface area (Å²) in [5, 5.41) is 0. The molecular formula is C12H17F. The van der Waals surface area contributed by atoms with Gasteiger partial charge in [0.2, 0.25) is 0 Å². The van der Waals surface area contributed by atoms with E-state index in [1.165, 1.54) is 5.56 Å². The molecule has 0 aliphatic heterocycles. The van der Waals surface area contributed by atoms with Crippen LogP contribution in [-0.2, 0) is 12.8 Å². The molecule has 0 saturated heterocycles.